The lowest BCUT2D eigenvalue weighted by molar-refractivity contribution is -0.403. The molecule has 1 heterocycles. The van der Waals surface area contributed by atoms with Gasteiger partial charge in [0, 0.05) is 19.8 Å². The van der Waals surface area contributed by atoms with Crippen LogP contribution >= 0.6 is 11.8 Å². The third-order valence-electron chi connectivity index (χ3n) is 2.32. The first kappa shape index (κ1) is 12.3. The molecule has 0 aromatic rings. The van der Waals surface area contributed by atoms with E-state index in [0.717, 1.165) is 38.8 Å². The first-order valence-corrected chi connectivity index (χ1v) is 6.15. The monoisotopic (exact) mass is 232 g/mol. The second-order valence-electron chi connectivity index (χ2n) is 3.43. The van der Waals surface area contributed by atoms with Gasteiger partial charge < -0.3 is 10.1 Å². The summed E-state index contributed by atoms with van der Waals surface area (Å²) in [6.07, 6.45) is 4.95. The summed E-state index contributed by atoms with van der Waals surface area (Å²) in [7, 11) is 0. The summed E-state index contributed by atoms with van der Waals surface area (Å²) in [6, 6.07) is 0. The maximum absolute atomic E-state index is 10.2. The summed E-state index contributed by atoms with van der Waals surface area (Å²) in [5.74, 6) is 0.608. The lowest BCUT2D eigenvalue weighted by atomic mass is 10.1. The summed E-state index contributed by atoms with van der Waals surface area (Å²) in [5.41, 5.74) is 0. The number of hydrogen-bond acceptors (Lipinski definition) is 5. The summed E-state index contributed by atoms with van der Waals surface area (Å²) >= 11 is 1.36. The first-order chi connectivity index (χ1) is 7.22. The minimum atomic E-state index is -0.433. The maximum atomic E-state index is 10.2. The minimum absolute atomic E-state index is 0.433. The van der Waals surface area contributed by atoms with Crippen LogP contribution in [0.2, 0.25) is 0 Å². The second-order valence-corrected chi connectivity index (χ2v) is 4.28. The maximum Gasteiger partial charge on any atom is 0.263 e. The van der Waals surface area contributed by atoms with E-state index in [1.165, 1.54) is 11.8 Å². The minimum Gasteiger partial charge on any atom is -0.381 e. The SMILES string of the molecule is CS/C(=C\[N+](=O)[O-])NCCC1CCOC1. The third-order valence-corrected chi connectivity index (χ3v) is 3.01. The van der Waals surface area contributed by atoms with Crippen molar-refractivity contribution >= 4 is 11.8 Å². The van der Waals surface area contributed by atoms with Gasteiger partial charge in [0.15, 0.2) is 0 Å². The summed E-state index contributed by atoms with van der Waals surface area (Å²) < 4.78 is 5.25. The van der Waals surface area contributed by atoms with E-state index in [1.807, 2.05) is 6.26 Å². The summed E-state index contributed by atoms with van der Waals surface area (Å²) in [5, 5.41) is 13.9. The van der Waals surface area contributed by atoms with E-state index in [0.29, 0.717) is 10.9 Å². The Morgan fingerprint density at radius 3 is 3.13 bits per heavy atom. The number of nitro groups is 1. The van der Waals surface area contributed by atoms with Gasteiger partial charge in [0.25, 0.3) is 6.20 Å². The second kappa shape index (κ2) is 6.68. The molecule has 1 saturated heterocycles. The van der Waals surface area contributed by atoms with Crippen molar-refractivity contribution in [3.05, 3.63) is 21.3 Å². The van der Waals surface area contributed by atoms with Crippen molar-refractivity contribution in [1.29, 1.82) is 0 Å². The fraction of sp³-hybridized carbons (Fsp3) is 0.778. The van der Waals surface area contributed by atoms with Crippen molar-refractivity contribution in [1.82, 2.24) is 5.32 Å². The zero-order valence-electron chi connectivity index (χ0n) is 8.77. The van der Waals surface area contributed by atoms with Gasteiger partial charge in [-0.25, -0.2) is 0 Å². The zero-order valence-corrected chi connectivity index (χ0v) is 9.59. The average molecular weight is 232 g/mol. The zero-order chi connectivity index (χ0) is 11.1. The Balaban J connectivity index is 2.19. The van der Waals surface area contributed by atoms with Crippen LogP contribution < -0.4 is 5.32 Å². The number of rotatable bonds is 6. The van der Waals surface area contributed by atoms with Crippen molar-refractivity contribution in [3.8, 4) is 0 Å². The topological polar surface area (TPSA) is 64.4 Å². The van der Waals surface area contributed by atoms with Crippen molar-refractivity contribution < 1.29 is 9.66 Å². The lowest BCUT2D eigenvalue weighted by Gasteiger charge is -2.09. The van der Waals surface area contributed by atoms with Crippen molar-refractivity contribution in [2.75, 3.05) is 26.0 Å². The molecule has 0 aromatic carbocycles. The van der Waals surface area contributed by atoms with Crippen LogP contribution in [0.4, 0.5) is 0 Å². The summed E-state index contributed by atoms with van der Waals surface area (Å²) in [4.78, 5) is 9.81. The fourth-order valence-corrected chi connectivity index (χ4v) is 1.91. The highest BCUT2D eigenvalue weighted by molar-refractivity contribution is 8.02. The lowest BCUT2D eigenvalue weighted by Crippen LogP contribution is -2.17. The van der Waals surface area contributed by atoms with E-state index in [2.05, 4.69) is 5.32 Å². The van der Waals surface area contributed by atoms with Gasteiger partial charge in [0.1, 0.15) is 5.03 Å². The van der Waals surface area contributed by atoms with E-state index in [9.17, 15) is 10.1 Å². The predicted molar refractivity (Wildman–Crippen MR) is 60.1 cm³/mol. The van der Waals surface area contributed by atoms with Crippen molar-refractivity contribution in [2.45, 2.75) is 12.8 Å². The molecule has 1 fully saturated rings. The van der Waals surface area contributed by atoms with E-state index < -0.39 is 4.92 Å². The standard InChI is InChI=1S/C9H16N2O3S/c1-15-9(6-11(12)13)10-4-2-8-3-5-14-7-8/h6,8,10H,2-5,7H2,1H3/b9-6-. The number of hydrogen-bond donors (Lipinski definition) is 1. The van der Waals surface area contributed by atoms with E-state index >= 15 is 0 Å². The Labute approximate surface area is 93.4 Å². The molecule has 0 aromatic heterocycles. The molecule has 0 radical (unpaired) electrons. The molecule has 1 atom stereocenters. The first-order valence-electron chi connectivity index (χ1n) is 4.93. The molecule has 1 unspecified atom stereocenters. The molecular weight excluding hydrogens is 216 g/mol. The van der Waals surface area contributed by atoms with Gasteiger partial charge in [0.05, 0.1) is 4.92 Å². The molecule has 86 valence electrons. The van der Waals surface area contributed by atoms with E-state index in [4.69, 9.17) is 4.74 Å². The Bertz CT molecular complexity index is 240. The van der Waals surface area contributed by atoms with Gasteiger partial charge in [-0.1, -0.05) is 0 Å². The van der Waals surface area contributed by atoms with Crippen LogP contribution in [-0.2, 0) is 4.74 Å². The van der Waals surface area contributed by atoms with Crippen LogP contribution in [0, 0.1) is 16.0 Å². The van der Waals surface area contributed by atoms with E-state index in [1.54, 1.807) is 0 Å². The normalized spacial score (nSPS) is 21.7. The highest BCUT2D eigenvalue weighted by Crippen LogP contribution is 2.16. The van der Waals surface area contributed by atoms with Gasteiger partial charge in [-0.2, -0.15) is 0 Å². The van der Waals surface area contributed by atoms with Crippen molar-refractivity contribution in [3.63, 3.8) is 0 Å². The molecule has 1 aliphatic heterocycles. The van der Waals surface area contributed by atoms with Crippen LogP contribution in [0.3, 0.4) is 0 Å². The number of thioether (sulfide) groups is 1. The van der Waals surface area contributed by atoms with Crippen LogP contribution in [0.15, 0.2) is 11.2 Å². The molecular formula is C9H16N2O3S. The largest absolute Gasteiger partial charge is 0.381 e. The molecule has 0 saturated carbocycles. The number of ether oxygens (including phenoxy) is 1. The molecule has 1 rings (SSSR count). The molecule has 0 aliphatic carbocycles. The van der Waals surface area contributed by atoms with Crippen LogP contribution in [0.1, 0.15) is 12.8 Å². The predicted octanol–water partition coefficient (Wildman–Crippen LogP) is 1.44. The molecule has 15 heavy (non-hydrogen) atoms. The van der Waals surface area contributed by atoms with Gasteiger partial charge in [-0.15, -0.1) is 11.8 Å². The molecule has 0 bridgehead atoms. The molecule has 6 heteroatoms. The highest BCUT2D eigenvalue weighted by atomic mass is 32.2. The Morgan fingerprint density at radius 2 is 2.60 bits per heavy atom. The average Bonchev–Trinajstić information content (AvgIpc) is 2.68. The Morgan fingerprint density at radius 1 is 1.80 bits per heavy atom. The molecule has 0 spiro atoms. The van der Waals surface area contributed by atoms with Crippen LogP contribution in [0.5, 0.6) is 0 Å². The third kappa shape index (κ3) is 5.03. The molecule has 1 aliphatic rings. The highest BCUT2D eigenvalue weighted by Gasteiger charge is 2.14. The smallest absolute Gasteiger partial charge is 0.263 e. The fourth-order valence-electron chi connectivity index (χ4n) is 1.48. The number of nitrogens with zero attached hydrogens (tertiary/aromatic N) is 1. The quantitative estimate of drug-likeness (QED) is 0.554. The Hall–Kier alpha value is -0.750. The summed E-state index contributed by atoms with van der Waals surface area (Å²) in [6.45, 7) is 2.45. The Kier molecular flexibility index (Phi) is 5.49. The van der Waals surface area contributed by atoms with Crippen LogP contribution in [0.25, 0.3) is 0 Å². The molecule has 0 amide bonds. The van der Waals surface area contributed by atoms with Gasteiger partial charge >= 0.3 is 0 Å². The van der Waals surface area contributed by atoms with Gasteiger partial charge in [-0.05, 0) is 25.0 Å². The van der Waals surface area contributed by atoms with Crippen LogP contribution in [-0.4, -0.2) is 30.9 Å². The van der Waals surface area contributed by atoms with Gasteiger partial charge in [-0.3, -0.25) is 10.1 Å². The molecule has 1 N–H and O–H groups in total. The van der Waals surface area contributed by atoms with E-state index in [-0.39, 0.29) is 0 Å². The van der Waals surface area contributed by atoms with Crippen molar-refractivity contribution in [2.24, 2.45) is 5.92 Å². The van der Waals surface area contributed by atoms with Gasteiger partial charge in [0.2, 0.25) is 0 Å². The number of nitrogens with one attached hydrogen (secondary N) is 1. The molecule has 5 nitrogen and oxygen atoms in total.